The largest absolute Gasteiger partial charge is 0.444 e. The zero-order chi connectivity index (χ0) is 20.8. The topological polar surface area (TPSA) is 75.4 Å². The smallest absolute Gasteiger partial charge is 0.275 e. The minimum absolute atomic E-state index is 0.0150. The molecule has 2 aromatic carbocycles. The lowest BCUT2D eigenvalue weighted by Crippen LogP contribution is -2.35. The van der Waals surface area contributed by atoms with Gasteiger partial charge in [-0.15, -0.1) is 0 Å². The molecule has 6 heteroatoms. The molecule has 3 aromatic rings. The first-order chi connectivity index (χ1) is 14.7. The summed E-state index contributed by atoms with van der Waals surface area (Å²) in [6.07, 6.45) is 5.06. The van der Waals surface area contributed by atoms with Crippen molar-refractivity contribution in [1.29, 1.82) is 0 Å². The minimum atomic E-state index is -0.0672. The van der Waals surface area contributed by atoms with Gasteiger partial charge >= 0.3 is 0 Å². The summed E-state index contributed by atoms with van der Waals surface area (Å²) in [5, 5.41) is 2.93. The molecule has 1 saturated heterocycles. The Balaban J connectivity index is 1.33. The number of oxazole rings is 1. The Hall–Kier alpha value is -3.41. The summed E-state index contributed by atoms with van der Waals surface area (Å²) in [7, 11) is 0. The number of carbonyl (C=O) groups is 2. The van der Waals surface area contributed by atoms with Crippen LogP contribution in [0, 0.1) is 0 Å². The number of hydrogen-bond donors (Lipinski definition) is 1. The van der Waals surface area contributed by atoms with Gasteiger partial charge in [-0.2, -0.15) is 0 Å². The lowest BCUT2D eigenvalue weighted by molar-refractivity contribution is -0.120. The second-order valence-electron chi connectivity index (χ2n) is 7.53. The van der Waals surface area contributed by atoms with Crippen molar-refractivity contribution in [3.05, 3.63) is 77.7 Å². The summed E-state index contributed by atoms with van der Waals surface area (Å²) in [5.41, 5.74) is 3.12. The van der Waals surface area contributed by atoms with Gasteiger partial charge in [-0.1, -0.05) is 42.5 Å². The Labute approximate surface area is 175 Å². The summed E-state index contributed by atoms with van der Waals surface area (Å²) in [6, 6.07) is 17.3. The highest BCUT2D eigenvalue weighted by Crippen LogP contribution is 2.21. The molecule has 1 aliphatic heterocycles. The number of benzene rings is 2. The molecule has 154 valence electrons. The van der Waals surface area contributed by atoms with Crippen LogP contribution in [0.2, 0.25) is 0 Å². The maximum Gasteiger partial charge on any atom is 0.275 e. The van der Waals surface area contributed by atoms with E-state index in [4.69, 9.17) is 4.42 Å². The lowest BCUT2D eigenvalue weighted by atomic mass is 10.1. The maximum atomic E-state index is 12.5. The van der Waals surface area contributed by atoms with Crippen LogP contribution in [0.15, 0.2) is 65.3 Å². The van der Waals surface area contributed by atoms with Crippen LogP contribution in [0.5, 0.6) is 0 Å². The van der Waals surface area contributed by atoms with E-state index in [0.717, 1.165) is 42.6 Å². The fraction of sp³-hybridized carbons (Fsp3) is 0.292. The standard InChI is InChI=1S/C24H25N3O3/c28-22(15-18-7-3-1-4-8-18)25-16-19-9-11-20(12-10-19)23-26-21(17-30-23)24(29)27-13-5-2-6-14-27/h1,3-4,7-12,17H,2,5-6,13-16H2,(H,25,28). The van der Waals surface area contributed by atoms with Gasteiger partial charge in [0, 0.05) is 25.2 Å². The van der Waals surface area contributed by atoms with Gasteiger partial charge in [0.1, 0.15) is 6.26 Å². The molecular weight excluding hydrogens is 378 g/mol. The third kappa shape index (κ3) is 4.95. The number of amides is 2. The average Bonchev–Trinajstić information content (AvgIpc) is 3.29. The summed E-state index contributed by atoms with van der Waals surface area (Å²) in [6.45, 7) is 2.02. The van der Waals surface area contributed by atoms with Crippen molar-refractivity contribution in [3.8, 4) is 11.5 Å². The van der Waals surface area contributed by atoms with Crippen LogP contribution in [0.1, 0.15) is 40.9 Å². The molecule has 2 amide bonds. The molecule has 6 nitrogen and oxygen atoms in total. The highest BCUT2D eigenvalue weighted by atomic mass is 16.3. The fourth-order valence-corrected chi connectivity index (χ4v) is 3.57. The highest BCUT2D eigenvalue weighted by Gasteiger charge is 2.21. The number of aromatic nitrogens is 1. The first kappa shape index (κ1) is 19.9. The molecule has 1 aliphatic rings. The molecule has 1 N–H and O–H groups in total. The van der Waals surface area contributed by atoms with E-state index >= 15 is 0 Å². The van der Waals surface area contributed by atoms with Gasteiger partial charge in [-0.25, -0.2) is 4.98 Å². The van der Waals surface area contributed by atoms with E-state index in [1.165, 1.54) is 12.7 Å². The third-order valence-corrected chi connectivity index (χ3v) is 5.26. The quantitative estimate of drug-likeness (QED) is 0.679. The molecular formula is C24H25N3O3. The van der Waals surface area contributed by atoms with Gasteiger partial charge in [-0.05, 0) is 42.5 Å². The highest BCUT2D eigenvalue weighted by molar-refractivity contribution is 5.92. The number of nitrogens with zero attached hydrogens (tertiary/aromatic N) is 2. The second-order valence-corrected chi connectivity index (χ2v) is 7.53. The van der Waals surface area contributed by atoms with Crippen molar-refractivity contribution in [2.75, 3.05) is 13.1 Å². The van der Waals surface area contributed by atoms with E-state index in [-0.39, 0.29) is 11.8 Å². The van der Waals surface area contributed by atoms with Crippen LogP contribution < -0.4 is 5.32 Å². The average molecular weight is 403 g/mol. The number of carbonyl (C=O) groups excluding carboxylic acids is 2. The Morgan fingerprint density at radius 3 is 2.40 bits per heavy atom. The molecule has 0 saturated carbocycles. The van der Waals surface area contributed by atoms with E-state index in [1.54, 1.807) is 0 Å². The summed E-state index contributed by atoms with van der Waals surface area (Å²) < 4.78 is 5.54. The maximum absolute atomic E-state index is 12.5. The Morgan fingerprint density at radius 2 is 1.67 bits per heavy atom. The van der Waals surface area contributed by atoms with Crippen LogP contribution in [-0.4, -0.2) is 34.8 Å². The first-order valence-electron chi connectivity index (χ1n) is 10.3. The van der Waals surface area contributed by atoms with Crippen molar-refractivity contribution in [2.24, 2.45) is 0 Å². The molecule has 0 radical (unpaired) electrons. The molecule has 0 bridgehead atoms. The van der Waals surface area contributed by atoms with Crippen LogP contribution in [0.4, 0.5) is 0 Å². The monoisotopic (exact) mass is 403 g/mol. The first-order valence-corrected chi connectivity index (χ1v) is 10.3. The van der Waals surface area contributed by atoms with E-state index in [9.17, 15) is 9.59 Å². The Bertz CT molecular complexity index is 990. The van der Waals surface area contributed by atoms with Crippen molar-refractivity contribution in [2.45, 2.75) is 32.2 Å². The number of piperidine rings is 1. The van der Waals surface area contributed by atoms with E-state index in [1.807, 2.05) is 59.5 Å². The Kier molecular flexibility index (Phi) is 6.23. The summed E-state index contributed by atoms with van der Waals surface area (Å²) in [4.78, 5) is 30.9. The molecule has 30 heavy (non-hydrogen) atoms. The van der Waals surface area contributed by atoms with Gasteiger partial charge in [0.15, 0.2) is 5.69 Å². The summed E-state index contributed by atoms with van der Waals surface area (Å²) in [5.74, 6) is 0.344. The number of rotatable bonds is 6. The zero-order valence-electron chi connectivity index (χ0n) is 16.8. The van der Waals surface area contributed by atoms with Crippen molar-refractivity contribution in [1.82, 2.24) is 15.2 Å². The lowest BCUT2D eigenvalue weighted by Gasteiger charge is -2.25. The van der Waals surface area contributed by atoms with Gasteiger partial charge < -0.3 is 14.6 Å². The van der Waals surface area contributed by atoms with Gasteiger partial charge in [0.2, 0.25) is 11.8 Å². The van der Waals surface area contributed by atoms with Crippen LogP contribution >= 0.6 is 0 Å². The van der Waals surface area contributed by atoms with Gasteiger partial charge in [0.25, 0.3) is 5.91 Å². The predicted octanol–water partition coefficient (Wildman–Crippen LogP) is 3.83. The molecule has 0 unspecified atom stereocenters. The van der Waals surface area contributed by atoms with E-state index in [0.29, 0.717) is 24.6 Å². The minimum Gasteiger partial charge on any atom is -0.444 e. The predicted molar refractivity (Wildman–Crippen MR) is 114 cm³/mol. The molecule has 0 aliphatic carbocycles. The van der Waals surface area contributed by atoms with E-state index < -0.39 is 0 Å². The third-order valence-electron chi connectivity index (χ3n) is 5.26. The number of hydrogen-bond acceptors (Lipinski definition) is 4. The van der Waals surface area contributed by atoms with Crippen LogP contribution in [-0.2, 0) is 17.8 Å². The molecule has 4 rings (SSSR count). The fourth-order valence-electron chi connectivity index (χ4n) is 3.57. The van der Waals surface area contributed by atoms with Crippen molar-refractivity contribution >= 4 is 11.8 Å². The molecule has 1 fully saturated rings. The van der Waals surface area contributed by atoms with Gasteiger partial charge in [0.05, 0.1) is 6.42 Å². The normalized spacial score (nSPS) is 13.8. The van der Waals surface area contributed by atoms with Crippen LogP contribution in [0.3, 0.4) is 0 Å². The van der Waals surface area contributed by atoms with Crippen molar-refractivity contribution < 1.29 is 14.0 Å². The van der Waals surface area contributed by atoms with Crippen molar-refractivity contribution in [3.63, 3.8) is 0 Å². The second kappa shape index (κ2) is 9.39. The SMILES string of the molecule is O=C(Cc1ccccc1)NCc1ccc(-c2nc(C(=O)N3CCCCC3)co2)cc1. The van der Waals surface area contributed by atoms with Gasteiger partial charge in [-0.3, -0.25) is 9.59 Å². The van der Waals surface area contributed by atoms with E-state index in [2.05, 4.69) is 10.3 Å². The molecule has 0 spiro atoms. The number of likely N-dealkylation sites (tertiary alicyclic amines) is 1. The molecule has 1 aromatic heterocycles. The molecule has 0 atom stereocenters. The summed E-state index contributed by atoms with van der Waals surface area (Å²) >= 11 is 0. The molecule has 2 heterocycles. The zero-order valence-corrected chi connectivity index (χ0v) is 16.8. The van der Waals surface area contributed by atoms with Crippen LogP contribution in [0.25, 0.3) is 11.5 Å². The Morgan fingerprint density at radius 1 is 0.933 bits per heavy atom. The number of nitrogens with one attached hydrogen (secondary N) is 1.